The second-order valence-corrected chi connectivity index (χ2v) is 5.73. The lowest BCUT2D eigenvalue weighted by molar-refractivity contribution is -0.144. The number of carboxylic acid groups (broad SMARTS) is 1. The van der Waals surface area contributed by atoms with Gasteiger partial charge in [-0.2, -0.15) is 0 Å². The molecule has 1 aliphatic carbocycles. The molecule has 1 fully saturated rings. The molecule has 2 atom stereocenters. The minimum atomic E-state index is -0.840. The zero-order chi connectivity index (χ0) is 14.8. The Kier molecular flexibility index (Phi) is 3.74. The summed E-state index contributed by atoms with van der Waals surface area (Å²) in [7, 11) is 0. The van der Waals surface area contributed by atoms with Crippen LogP contribution in [0.1, 0.15) is 36.0 Å². The van der Waals surface area contributed by atoms with E-state index in [9.17, 15) is 14.7 Å². The number of carbonyl (C=O) groups is 2. The highest BCUT2D eigenvalue weighted by atomic mass is 16.4. The fourth-order valence-electron chi connectivity index (χ4n) is 3.38. The quantitative estimate of drug-likeness (QED) is 0.868. The Balaban J connectivity index is 2.01. The molecule has 2 aromatic rings. The summed E-state index contributed by atoms with van der Waals surface area (Å²) in [4.78, 5) is 24.3. The first-order chi connectivity index (χ1) is 10.2. The average Bonchev–Trinajstić information content (AvgIpc) is 2.53. The number of rotatable bonds is 3. The van der Waals surface area contributed by atoms with Crippen LogP contribution in [0, 0.1) is 11.8 Å². The third-order valence-electron chi connectivity index (χ3n) is 4.48. The molecule has 1 saturated carbocycles. The number of hydrogen-bond donors (Lipinski definition) is 1. The predicted octanol–water partition coefficient (Wildman–Crippen LogP) is 3.91. The van der Waals surface area contributed by atoms with E-state index in [0.29, 0.717) is 18.4 Å². The van der Waals surface area contributed by atoms with Crippen molar-refractivity contribution in [1.82, 2.24) is 0 Å². The molecule has 3 rings (SSSR count). The van der Waals surface area contributed by atoms with Crippen LogP contribution in [-0.2, 0) is 4.79 Å². The van der Waals surface area contributed by atoms with Crippen molar-refractivity contribution < 1.29 is 14.7 Å². The normalized spacial score (nSPS) is 22.1. The molecule has 0 spiro atoms. The third-order valence-corrected chi connectivity index (χ3v) is 4.48. The smallest absolute Gasteiger partial charge is 0.307 e. The van der Waals surface area contributed by atoms with E-state index in [1.165, 1.54) is 0 Å². The average molecular weight is 282 g/mol. The van der Waals surface area contributed by atoms with Gasteiger partial charge in [0, 0.05) is 11.5 Å². The van der Waals surface area contributed by atoms with Gasteiger partial charge in [0.2, 0.25) is 0 Å². The van der Waals surface area contributed by atoms with Crippen molar-refractivity contribution in [2.24, 2.45) is 11.8 Å². The summed E-state index contributed by atoms with van der Waals surface area (Å²) in [6, 6.07) is 13.4. The molecule has 0 bridgehead atoms. The molecule has 0 unspecified atom stereocenters. The van der Waals surface area contributed by atoms with Crippen LogP contribution in [0.4, 0.5) is 0 Å². The van der Waals surface area contributed by atoms with E-state index in [1.807, 2.05) is 42.5 Å². The lowest BCUT2D eigenvalue weighted by atomic mass is 9.75. The standard InChI is InChI=1S/C18H18O3/c19-17(15-9-3-4-10-16(15)18(20)21)14-11-5-7-12-6-1-2-8-13(12)14/h1-2,5-8,11,15-16H,3-4,9-10H2,(H,20,21)/t15-,16-/m1/s1. The van der Waals surface area contributed by atoms with E-state index >= 15 is 0 Å². The van der Waals surface area contributed by atoms with Crippen LogP contribution in [0.2, 0.25) is 0 Å². The minimum Gasteiger partial charge on any atom is -0.481 e. The Hall–Kier alpha value is -2.16. The summed E-state index contributed by atoms with van der Waals surface area (Å²) in [5.41, 5.74) is 0.659. The van der Waals surface area contributed by atoms with Crippen LogP contribution in [-0.4, -0.2) is 16.9 Å². The number of aliphatic carboxylic acids is 1. The first kappa shape index (κ1) is 13.8. The molecule has 0 heterocycles. The van der Waals surface area contributed by atoms with Gasteiger partial charge >= 0.3 is 5.97 Å². The van der Waals surface area contributed by atoms with E-state index in [1.54, 1.807) is 0 Å². The summed E-state index contributed by atoms with van der Waals surface area (Å²) in [5.74, 6) is -1.78. The summed E-state index contributed by atoms with van der Waals surface area (Å²) in [5, 5.41) is 11.3. The number of carbonyl (C=O) groups excluding carboxylic acids is 1. The van der Waals surface area contributed by atoms with Crippen molar-refractivity contribution in [2.75, 3.05) is 0 Å². The molecule has 108 valence electrons. The van der Waals surface area contributed by atoms with Gasteiger partial charge in [-0.25, -0.2) is 0 Å². The number of fused-ring (bicyclic) bond motifs is 1. The van der Waals surface area contributed by atoms with Crippen molar-refractivity contribution in [3.8, 4) is 0 Å². The van der Waals surface area contributed by atoms with Gasteiger partial charge < -0.3 is 5.11 Å². The molecular formula is C18H18O3. The molecule has 0 saturated heterocycles. The molecule has 3 heteroatoms. The Labute approximate surface area is 123 Å². The molecule has 3 nitrogen and oxygen atoms in total. The first-order valence-electron chi connectivity index (χ1n) is 7.43. The second-order valence-electron chi connectivity index (χ2n) is 5.73. The summed E-state index contributed by atoms with van der Waals surface area (Å²) < 4.78 is 0. The monoisotopic (exact) mass is 282 g/mol. The Bertz CT molecular complexity index is 684. The van der Waals surface area contributed by atoms with Crippen LogP contribution in [0.25, 0.3) is 10.8 Å². The van der Waals surface area contributed by atoms with Crippen LogP contribution >= 0.6 is 0 Å². The van der Waals surface area contributed by atoms with Gasteiger partial charge in [0.15, 0.2) is 5.78 Å². The Morgan fingerprint density at radius 3 is 2.33 bits per heavy atom. The molecule has 0 radical (unpaired) electrons. The van der Waals surface area contributed by atoms with Crippen molar-refractivity contribution in [3.63, 3.8) is 0 Å². The van der Waals surface area contributed by atoms with Gasteiger partial charge in [0.05, 0.1) is 5.92 Å². The Morgan fingerprint density at radius 1 is 0.905 bits per heavy atom. The molecule has 1 aliphatic rings. The zero-order valence-electron chi connectivity index (χ0n) is 11.8. The van der Waals surface area contributed by atoms with E-state index < -0.39 is 11.9 Å². The topological polar surface area (TPSA) is 54.4 Å². The van der Waals surface area contributed by atoms with Crippen LogP contribution in [0.3, 0.4) is 0 Å². The van der Waals surface area contributed by atoms with Gasteiger partial charge in [-0.3, -0.25) is 9.59 Å². The largest absolute Gasteiger partial charge is 0.481 e. The van der Waals surface area contributed by atoms with Crippen LogP contribution in [0.15, 0.2) is 42.5 Å². The van der Waals surface area contributed by atoms with Gasteiger partial charge in [-0.05, 0) is 23.6 Å². The van der Waals surface area contributed by atoms with Crippen molar-refractivity contribution >= 4 is 22.5 Å². The Morgan fingerprint density at radius 2 is 1.57 bits per heavy atom. The van der Waals surface area contributed by atoms with E-state index in [2.05, 4.69) is 0 Å². The third kappa shape index (κ3) is 2.56. The number of carboxylic acids is 1. The fraction of sp³-hybridized carbons (Fsp3) is 0.333. The first-order valence-corrected chi connectivity index (χ1v) is 7.43. The van der Waals surface area contributed by atoms with E-state index in [-0.39, 0.29) is 11.7 Å². The lowest BCUT2D eigenvalue weighted by Gasteiger charge is -2.27. The summed E-state index contributed by atoms with van der Waals surface area (Å²) in [6.45, 7) is 0. The summed E-state index contributed by atoms with van der Waals surface area (Å²) in [6.07, 6.45) is 3.12. The fourth-order valence-corrected chi connectivity index (χ4v) is 3.38. The lowest BCUT2D eigenvalue weighted by Crippen LogP contribution is -2.32. The highest BCUT2D eigenvalue weighted by molar-refractivity contribution is 6.10. The highest BCUT2D eigenvalue weighted by Crippen LogP contribution is 2.34. The maximum atomic E-state index is 12.9. The van der Waals surface area contributed by atoms with Crippen molar-refractivity contribution in [2.45, 2.75) is 25.7 Å². The van der Waals surface area contributed by atoms with Gasteiger partial charge in [-0.15, -0.1) is 0 Å². The van der Waals surface area contributed by atoms with Gasteiger partial charge in [-0.1, -0.05) is 55.3 Å². The molecule has 21 heavy (non-hydrogen) atoms. The molecule has 1 N–H and O–H groups in total. The summed E-state index contributed by atoms with van der Waals surface area (Å²) >= 11 is 0. The minimum absolute atomic E-state index is 0.0149. The highest BCUT2D eigenvalue weighted by Gasteiger charge is 2.36. The van der Waals surface area contributed by atoms with Crippen molar-refractivity contribution in [3.05, 3.63) is 48.0 Å². The zero-order valence-corrected chi connectivity index (χ0v) is 11.8. The predicted molar refractivity (Wildman–Crippen MR) is 81.4 cm³/mol. The molecule has 0 amide bonds. The molecule has 0 aromatic heterocycles. The molecular weight excluding hydrogens is 264 g/mol. The SMILES string of the molecule is O=C(O)[C@@H]1CCCC[C@H]1C(=O)c1cccc2ccccc12. The van der Waals surface area contributed by atoms with Crippen LogP contribution < -0.4 is 0 Å². The number of ketones is 1. The number of benzene rings is 2. The van der Waals surface area contributed by atoms with E-state index in [4.69, 9.17) is 0 Å². The van der Waals surface area contributed by atoms with Gasteiger partial charge in [0.1, 0.15) is 0 Å². The van der Waals surface area contributed by atoms with Crippen LogP contribution in [0.5, 0.6) is 0 Å². The number of Topliss-reactive ketones (excluding diaryl/α,β-unsaturated/α-hetero) is 1. The second kappa shape index (κ2) is 5.68. The number of hydrogen-bond acceptors (Lipinski definition) is 2. The maximum Gasteiger partial charge on any atom is 0.307 e. The van der Waals surface area contributed by atoms with Crippen molar-refractivity contribution in [1.29, 1.82) is 0 Å². The molecule has 0 aliphatic heterocycles. The van der Waals surface area contributed by atoms with Gasteiger partial charge in [0.25, 0.3) is 0 Å². The molecule has 2 aromatic carbocycles. The maximum absolute atomic E-state index is 12.9. The van der Waals surface area contributed by atoms with E-state index in [0.717, 1.165) is 23.6 Å².